The van der Waals surface area contributed by atoms with Crippen molar-refractivity contribution >= 4 is 17.5 Å². The highest BCUT2D eigenvalue weighted by molar-refractivity contribution is 6.30. The minimum atomic E-state index is -0.128. The molecule has 0 aliphatic carbocycles. The summed E-state index contributed by atoms with van der Waals surface area (Å²) < 4.78 is 11.0. The fourth-order valence-electron chi connectivity index (χ4n) is 2.84. The van der Waals surface area contributed by atoms with Gasteiger partial charge in [0.05, 0.1) is 26.0 Å². The molecule has 122 valence electrons. The van der Waals surface area contributed by atoms with Gasteiger partial charge in [0.25, 0.3) is 5.91 Å². The standard InChI is InChI=1S/C17H19ClN2O3/c18-14-4-1-3-13(11-14)17(21)19-12-15(16-5-2-8-23-16)20-6-9-22-10-7-20/h1-5,8,11,15H,6-7,9-10,12H2,(H,19,21)/p+1/t15-/m1/s1. The van der Waals surface area contributed by atoms with E-state index in [1.54, 1.807) is 30.5 Å². The van der Waals surface area contributed by atoms with Gasteiger partial charge in [0.2, 0.25) is 0 Å². The zero-order valence-corrected chi connectivity index (χ0v) is 13.5. The number of hydrogen-bond donors (Lipinski definition) is 2. The lowest BCUT2D eigenvalue weighted by molar-refractivity contribution is -0.938. The maximum Gasteiger partial charge on any atom is 0.251 e. The molecule has 1 saturated heterocycles. The number of carbonyl (C=O) groups excluding carboxylic acids is 1. The second-order valence-electron chi connectivity index (χ2n) is 5.56. The van der Waals surface area contributed by atoms with Crippen LogP contribution in [0.25, 0.3) is 0 Å². The molecule has 2 aromatic rings. The Hall–Kier alpha value is -1.82. The van der Waals surface area contributed by atoms with Crippen LogP contribution in [-0.2, 0) is 4.74 Å². The largest absolute Gasteiger partial charge is 0.463 e. The van der Waals surface area contributed by atoms with Crippen LogP contribution in [0, 0.1) is 0 Å². The lowest BCUT2D eigenvalue weighted by Gasteiger charge is -2.30. The van der Waals surface area contributed by atoms with Gasteiger partial charge in [-0.3, -0.25) is 4.79 Å². The quantitative estimate of drug-likeness (QED) is 0.866. The highest BCUT2D eigenvalue weighted by atomic mass is 35.5. The summed E-state index contributed by atoms with van der Waals surface area (Å²) in [5, 5.41) is 3.55. The average Bonchev–Trinajstić information content (AvgIpc) is 3.10. The van der Waals surface area contributed by atoms with Gasteiger partial charge in [-0.2, -0.15) is 0 Å². The number of nitrogens with one attached hydrogen (secondary N) is 2. The summed E-state index contributed by atoms with van der Waals surface area (Å²) in [5.74, 6) is 0.755. The Labute approximate surface area is 140 Å². The van der Waals surface area contributed by atoms with Crippen molar-refractivity contribution in [1.82, 2.24) is 5.32 Å². The molecule has 1 aliphatic heterocycles. The van der Waals surface area contributed by atoms with Crippen molar-refractivity contribution in [2.75, 3.05) is 32.8 Å². The first-order valence-corrected chi connectivity index (χ1v) is 8.11. The zero-order valence-electron chi connectivity index (χ0n) is 12.8. The van der Waals surface area contributed by atoms with Crippen LogP contribution in [0.4, 0.5) is 0 Å². The monoisotopic (exact) mass is 335 g/mol. The van der Waals surface area contributed by atoms with E-state index in [1.165, 1.54) is 4.90 Å². The lowest BCUT2D eigenvalue weighted by atomic mass is 10.1. The molecule has 6 heteroatoms. The van der Waals surface area contributed by atoms with Crippen molar-refractivity contribution < 1.29 is 18.8 Å². The Bertz CT molecular complexity index is 639. The third kappa shape index (κ3) is 4.13. The number of quaternary nitrogens is 1. The lowest BCUT2D eigenvalue weighted by Crippen LogP contribution is -3.15. The second kappa shape index (κ2) is 7.64. The fourth-order valence-corrected chi connectivity index (χ4v) is 3.03. The van der Waals surface area contributed by atoms with E-state index < -0.39 is 0 Å². The molecular formula is C17H20ClN2O3+. The number of benzene rings is 1. The van der Waals surface area contributed by atoms with E-state index in [2.05, 4.69) is 5.32 Å². The first-order valence-electron chi connectivity index (χ1n) is 7.73. The molecule has 0 radical (unpaired) electrons. The molecule has 1 aromatic heterocycles. The van der Waals surface area contributed by atoms with Crippen molar-refractivity contribution in [1.29, 1.82) is 0 Å². The molecule has 0 unspecified atom stereocenters. The molecule has 2 N–H and O–H groups in total. The highest BCUT2D eigenvalue weighted by Gasteiger charge is 2.29. The van der Waals surface area contributed by atoms with Crippen LogP contribution < -0.4 is 10.2 Å². The van der Waals surface area contributed by atoms with Gasteiger partial charge in [-0.15, -0.1) is 0 Å². The Morgan fingerprint density at radius 1 is 1.26 bits per heavy atom. The maximum atomic E-state index is 12.3. The fraction of sp³-hybridized carbons (Fsp3) is 0.353. The molecule has 1 aliphatic rings. The van der Waals surface area contributed by atoms with Gasteiger partial charge in [-0.25, -0.2) is 0 Å². The van der Waals surface area contributed by atoms with E-state index in [1.807, 2.05) is 12.1 Å². The minimum absolute atomic E-state index is 0.0806. The number of carbonyl (C=O) groups is 1. The number of rotatable bonds is 5. The molecular weight excluding hydrogens is 316 g/mol. The zero-order chi connectivity index (χ0) is 16.1. The number of halogens is 1. The van der Waals surface area contributed by atoms with Gasteiger partial charge >= 0.3 is 0 Å². The summed E-state index contributed by atoms with van der Waals surface area (Å²) in [5.41, 5.74) is 0.563. The number of ether oxygens (including phenoxy) is 1. The van der Waals surface area contributed by atoms with Crippen LogP contribution in [0.5, 0.6) is 0 Å². The van der Waals surface area contributed by atoms with Gasteiger partial charge < -0.3 is 19.4 Å². The number of furan rings is 1. The molecule has 0 saturated carbocycles. The normalized spacial score (nSPS) is 16.9. The molecule has 0 spiro atoms. The predicted molar refractivity (Wildman–Crippen MR) is 86.7 cm³/mol. The average molecular weight is 336 g/mol. The second-order valence-corrected chi connectivity index (χ2v) is 6.00. The van der Waals surface area contributed by atoms with Crippen LogP contribution in [0.3, 0.4) is 0 Å². The van der Waals surface area contributed by atoms with E-state index >= 15 is 0 Å². The van der Waals surface area contributed by atoms with Crippen molar-refractivity contribution in [3.63, 3.8) is 0 Å². The Kier molecular flexibility index (Phi) is 5.33. The summed E-state index contributed by atoms with van der Waals surface area (Å²) in [4.78, 5) is 13.7. The smallest absolute Gasteiger partial charge is 0.251 e. The first kappa shape index (κ1) is 16.1. The maximum absolute atomic E-state index is 12.3. The third-order valence-electron chi connectivity index (χ3n) is 4.07. The summed E-state index contributed by atoms with van der Waals surface area (Å²) in [6.45, 7) is 3.77. The van der Waals surface area contributed by atoms with Crippen molar-refractivity contribution in [3.8, 4) is 0 Å². The minimum Gasteiger partial charge on any atom is -0.463 e. The van der Waals surface area contributed by atoms with E-state index in [0.717, 1.165) is 32.1 Å². The molecule has 2 heterocycles. The highest BCUT2D eigenvalue weighted by Crippen LogP contribution is 2.12. The molecule has 1 atom stereocenters. The molecule has 23 heavy (non-hydrogen) atoms. The van der Waals surface area contributed by atoms with Crippen LogP contribution in [-0.4, -0.2) is 38.8 Å². The van der Waals surface area contributed by atoms with Crippen LogP contribution in [0.1, 0.15) is 22.2 Å². The Morgan fingerprint density at radius 2 is 2.09 bits per heavy atom. The summed E-state index contributed by atoms with van der Waals surface area (Å²) >= 11 is 5.94. The molecule has 1 fully saturated rings. The topological polar surface area (TPSA) is 55.9 Å². The molecule has 5 nitrogen and oxygen atoms in total. The third-order valence-corrected chi connectivity index (χ3v) is 4.30. The van der Waals surface area contributed by atoms with Crippen molar-refractivity contribution in [3.05, 3.63) is 59.0 Å². The first-order chi connectivity index (χ1) is 11.2. The van der Waals surface area contributed by atoms with Crippen molar-refractivity contribution in [2.45, 2.75) is 6.04 Å². The van der Waals surface area contributed by atoms with Gasteiger partial charge in [0.15, 0.2) is 11.8 Å². The van der Waals surface area contributed by atoms with Gasteiger partial charge in [-0.05, 0) is 30.3 Å². The molecule has 0 bridgehead atoms. The van der Waals surface area contributed by atoms with Gasteiger partial charge in [0.1, 0.15) is 13.1 Å². The van der Waals surface area contributed by atoms with E-state index in [0.29, 0.717) is 17.1 Å². The number of amides is 1. The SMILES string of the molecule is O=C(NC[C@H](c1ccco1)[NH+]1CCOCC1)c1cccc(Cl)c1. The van der Waals surface area contributed by atoms with Crippen LogP contribution >= 0.6 is 11.6 Å². The predicted octanol–water partition coefficient (Wildman–Crippen LogP) is 1.32. The summed E-state index contributed by atoms with van der Waals surface area (Å²) in [6, 6.07) is 10.9. The van der Waals surface area contributed by atoms with E-state index in [4.69, 9.17) is 20.8 Å². The Balaban J connectivity index is 1.67. The molecule has 1 aromatic carbocycles. The summed E-state index contributed by atoms with van der Waals surface area (Å²) in [7, 11) is 0. The van der Waals surface area contributed by atoms with Crippen LogP contribution in [0.2, 0.25) is 5.02 Å². The Morgan fingerprint density at radius 3 is 2.78 bits per heavy atom. The van der Waals surface area contributed by atoms with E-state index in [-0.39, 0.29) is 11.9 Å². The van der Waals surface area contributed by atoms with Crippen molar-refractivity contribution in [2.24, 2.45) is 0 Å². The molecule has 1 amide bonds. The molecule has 3 rings (SSSR count). The van der Waals surface area contributed by atoms with Gasteiger partial charge in [0, 0.05) is 10.6 Å². The number of hydrogen-bond acceptors (Lipinski definition) is 3. The number of morpholine rings is 1. The van der Waals surface area contributed by atoms with Gasteiger partial charge in [-0.1, -0.05) is 17.7 Å². The van der Waals surface area contributed by atoms with E-state index in [9.17, 15) is 4.79 Å². The summed E-state index contributed by atoms with van der Waals surface area (Å²) in [6.07, 6.45) is 1.67. The van der Waals surface area contributed by atoms with Crippen LogP contribution in [0.15, 0.2) is 47.1 Å².